The largest absolute Gasteiger partial charge is 0.351 e. The molecule has 1 heterocycles. The van der Waals surface area contributed by atoms with Gasteiger partial charge in [0.15, 0.2) is 0 Å². The maximum absolute atomic E-state index is 11.5. The first kappa shape index (κ1) is 13.0. The third kappa shape index (κ3) is 3.81. The van der Waals surface area contributed by atoms with Gasteiger partial charge in [-0.3, -0.25) is 9.59 Å². The molecule has 5 nitrogen and oxygen atoms in total. The van der Waals surface area contributed by atoms with E-state index in [-0.39, 0.29) is 23.9 Å². The van der Waals surface area contributed by atoms with Gasteiger partial charge in [-0.05, 0) is 13.3 Å². The summed E-state index contributed by atoms with van der Waals surface area (Å²) in [5.74, 6) is 0.134. The number of nitrogens with zero attached hydrogens (tertiary/aromatic N) is 1. The van der Waals surface area contributed by atoms with Crippen LogP contribution in [0.25, 0.3) is 0 Å². The zero-order valence-corrected chi connectivity index (χ0v) is 10.0. The number of nitrogens with one attached hydrogen (secondary N) is 1. The molecule has 3 N–H and O–H groups in total. The second kappa shape index (κ2) is 5.84. The molecule has 0 bridgehead atoms. The quantitative estimate of drug-likeness (QED) is 0.701. The van der Waals surface area contributed by atoms with Gasteiger partial charge in [0.1, 0.15) is 0 Å². The standard InChI is InChI=1S/C11H21N3O2/c1-3-11(16)14-5-4-9(7-14)13-10(15)6-8(2)12/h8-9H,3-7,12H2,1-2H3,(H,13,15). The van der Waals surface area contributed by atoms with Gasteiger partial charge in [-0.2, -0.15) is 0 Å². The molecule has 1 aliphatic rings. The third-order valence-electron chi connectivity index (χ3n) is 2.72. The summed E-state index contributed by atoms with van der Waals surface area (Å²) in [4.78, 5) is 24.7. The fraction of sp³-hybridized carbons (Fsp3) is 0.818. The van der Waals surface area contributed by atoms with Crippen LogP contribution in [0.15, 0.2) is 0 Å². The molecule has 0 radical (unpaired) electrons. The number of nitrogens with two attached hydrogens (primary N) is 1. The molecule has 0 aromatic rings. The van der Waals surface area contributed by atoms with Crippen molar-refractivity contribution in [3.05, 3.63) is 0 Å². The second-order valence-corrected chi connectivity index (χ2v) is 4.43. The highest BCUT2D eigenvalue weighted by Gasteiger charge is 2.26. The van der Waals surface area contributed by atoms with Crippen LogP contribution in [0.1, 0.15) is 33.1 Å². The monoisotopic (exact) mass is 227 g/mol. The minimum atomic E-state index is -0.116. The maximum atomic E-state index is 11.5. The second-order valence-electron chi connectivity index (χ2n) is 4.43. The van der Waals surface area contributed by atoms with E-state index in [1.807, 2.05) is 6.92 Å². The number of hydrogen-bond acceptors (Lipinski definition) is 3. The number of likely N-dealkylation sites (tertiary alicyclic amines) is 1. The van der Waals surface area contributed by atoms with Crippen LogP contribution in [0.4, 0.5) is 0 Å². The van der Waals surface area contributed by atoms with Crippen LogP contribution in [0.3, 0.4) is 0 Å². The lowest BCUT2D eigenvalue weighted by molar-refractivity contribution is -0.130. The van der Waals surface area contributed by atoms with Gasteiger partial charge in [0.25, 0.3) is 0 Å². The van der Waals surface area contributed by atoms with Crippen LogP contribution < -0.4 is 11.1 Å². The van der Waals surface area contributed by atoms with E-state index in [1.165, 1.54) is 0 Å². The molecule has 1 fully saturated rings. The average Bonchev–Trinajstić information content (AvgIpc) is 2.63. The molecule has 0 saturated carbocycles. The number of carbonyl (C=O) groups excluding carboxylic acids is 2. The molecule has 0 aromatic heterocycles. The molecule has 1 saturated heterocycles. The smallest absolute Gasteiger partial charge is 0.222 e. The van der Waals surface area contributed by atoms with Gasteiger partial charge in [-0.25, -0.2) is 0 Å². The molecule has 0 spiro atoms. The lowest BCUT2D eigenvalue weighted by Gasteiger charge is -2.16. The first-order valence-electron chi connectivity index (χ1n) is 5.85. The van der Waals surface area contributed by atoms with Gasteiger partial charge in [0, 0.05) is 38.0 Å². The molecule has 92 valence electrons. The van der Waals surface area contributed by atoms with Gasteiger partial charge in [-0.15, -0.1) is 0 Å². The summed E-state index contributed by atoms with van der Waals surface area (Å²) in [5, 5.41) is 2.91. The maximum Gasteiger partial charge on any atom is 0.222 e. The van der Waals surface area contributed by atoms with Crippen molar-refractivity contribution in [3.63, 3.8) is 0 Å². The Balaban J connectivity index is 2.31. The topological polar surface area (TPSA) is 75.4 Å². The Labute approximate surface area is 96.4 Å². The minimum absolute atomic E-state index is 0.0224. The summed E-state index contributed by atoms with van der Waals surface area (Å²) in [7, 11) is 0. The number of rotatable bonds is 4. The van der Waals surface area contributed by atoms with Crippen LogP contribution >= 0.6 is 0 Å². The Bertz CT molecular complexity index is 266. The number of amides is 2. The highest BCUT2D eigenvalue weighted by Crippen LogP contribution is 2.10. The van der Waals surface area contributed by atoms with Gasteiger partial charge < -0.3 is 16.0 Å². The zero-order valence-electron chi connectivity index (χ0n) is 10.0. The van der Waals surface area contributed by atoms with Gasteiger partial charge in [0.2, 0.25) is 11.8 Å². The van der Waals surface area contributed by atoms with E-state index in [0.29, 0.717) is 19.4 Å². The van der Waals surface area contributed by atoms with Crippen LogP contribution in [0, 0.1) is 0 Å². The fourth-order valence-corrected chi connectivity index (χ4v) is 1.91. The summed E-state index contributed by atoms with van der Waals surface area (Å²) in [6.45, 7) is 5.04. The predicted molar refractivity (Wildman–Crippen MR) is 61.7 cm³/mol. The van der Waals surface area contributed by atoms with Crippen LogP contribution in [0.2, 0.25) is 0 Å². The van der Waals surface area contributed by atoms with Crippen molar-refractivity contribution in [3.8, 4) is 0 Å². The van der Waals surface area contributed by atoms with Crippen molar-refractivity contribution < 1.29 is 9.59 Å². The lowest BCUT2D eigenvalue weighted by Crippen LogP contribution is -2.40. The summed E-state index contributed by atoms with van der Waals surface area (Å²) >= 11 is 0. The van der Waals surface area contributed by atoms with Gasteiger partial charge in [0.05, 0.1) is 0 Å². The molecule has 1 aliphatic heterocycles. The van der Waals surface area contributed by atoms with Crippen molar-refractivity contribution >= 4 is 11.8 Å². The predicted octanol–water partition coefficient (Wildman–Crippen LogP) is -0.149. The first-order valence-corrected chi connectivity index (χ1v) is 5.85. The van der Waals surface area contributed by atoms with Crippen LogP contribution in [-0.4, -0.2) is 41.9 Å². The molecule has 16 heavy (non-hydrogen) atoms. The molecule has 0 aliphatic carbocycles. The zero-order chi connectivity index (χ0) is 12.1. The molecule has 2 atom stereocenters. The molecule has 2 unspecified atom stereocenters. The van der Waals surface area contributed by atoms with Crippen molar-refractivity contribution in [1.29, 1.82) is 0 Å². The summed E-state index contributed by atoms with van der Waals surface area (Å²) < 4.78 is 0. The number of carbonyl (C=O) groups is 2. The molecular formula is C11H21N3O2. The van der Waals surface area contributed by atoms with E-state index in [4.69, 9.17) is 5.73 Å². The van der Waals surface area contributed by atoms with E-state index in [0.717, 1.165) is 13.0 Å². The average molecular weight is 227 g/mol. The number of hydrogen-bond donors (Lipinski definition) is 2. The van der Waals surface area contributed by atoms with Gasteiger partial charge in [-0.1, -0.05) is 6.92 Å². The Morgan fingerprint density at radius 2 is 2.25 bits per heavy atom. The molecule has 5 heteroatoms. The Morgan fingerprint density at radius 3 is 2.81 bits per heavy atom. The summed E-state index contributed by atoms with van der Waals surface area (Å²) in [6, 6.07) is -0.0171. The van der Waals surface area contributed by atoms with Gasteiger partial charge >= 0.3 is 0 Å². The van der Waals surface area contributed by atoms with Crippen molar-refractivity contribution in [2.24, 2.45) is 5.73 Å². The third-order valence-corrected chi connectivity index (χ3v) is 2.72. The Kier molecular flexibility index (Phi) is 4.73. The van der Waals surface area contributed by atoms with Crippen molar-refractivity contribution in [1.82, 2.24) is 10.2 Å². The fourth-order valence-electron chi connectivity index (χ4n) is 1.91. The molecule has 1 rings (SSSR count). The van der Waals surface area contributed by atoms with Crippen molar-refractivity contribution in [2.45, 2.75) is 45.2 Å². The molecule has 2 amide bonds. The highest BCUT2D eigenvalue weighted by molar-refractivity contribution is 5.78. The van der Waals surface area contributed by atoms with E-state index < -0.39 is 0 Å². The van der Waals surface area contributed by atoms with E-state index >= 15 is 0 Å². The highest BCUT2D eigenvalue weighted by atomic mass is 16.2. The normalized spacial score (nSPS) is 21.9. The van der Waals surface area contributed by atoms with E-state index in [9.17, 15) is 9.59 Å². The first-order chi connectivity index (χ1) is 7.52. The van der Waals surface area contributed by atoms with E-state index in [1.54, 1.807) is 11.8 Å². The Morgan fingerprint density at radius 1 is 1.56 bits per heavy atom. The Hall–Kier alpha value is -1.10. The minimum Gasteiger partial charge on any atom is -0.351 e. The van der Waals surface area contributed by atoms with Crippen LogP contribution in [-0.2, 0) is 9.59 Å². The van der Waals surface area contributed by atoms with E-state index in [2.05, 4.69) is 5.32 Å². The van der Waals surface area contributed by atoms with Crippen molar-refractivity contribution in [2.75, 3.05) is 13.1 Å². The van der Waals surface area contributed by atoms with Crippen LogP contribution in [0.5, 0.6) is 0 Å². The summed E-state index contributed by atoms with van der Waals surface area (Å²) in [5.41, 5.74) is 5.54. The lowest BCUT2D eigenvalue weighted by atomic mass is 10.2. The SMILES string of the molecule is CCC(=O)N1CCC(NC(=O)CC(C)N)C1. The summed E-state index contributed by atoms with van der Waals surface area (Å²) in [6.07, 6.45) is 1.72. The molecular weight excluding hydrogens is 206 g/mol. The molecule has 0 aromatic carbocycles.